The summed E-state index contributed by atoms with van der Waals surface area (Å²) in [6.45, 7) is 0. The van der Waals surface area contributed by atoms with Gasteiger partial charge in [-0.1, -0.05) is 72.8 Å². The van der Waals surface area contributed by atoms with E-state index in [1.165, 1.54) is 0 Å². The Hall–Kier alpha value is -4.14. The number of hydrogen-bond donors (Lipinski definition) is 0. The van der Waals surface area contributed by atoms with Gasteiger partial charge in [0.05, 0.1) is 23.3 Å². The molecule has 130 valence electrons. The first kappa shape index (κ1) is 17.3. The van der Waals surface area contributed by atoms with Crippen LogP contribution in [-0.4, -0.2) is 0 Å². The lowest BCUT2D eigenvalue weighted by molar-refractivity contribution is 1.47. The molecule has 0 bridgehead atoms. The third-order valence-electron chi connectivity index (χ3n) is 4.78. The average molecular weight is 356 g/mol. The van der Waals surface area contributed by atoms with E-state index in [2.05, 4.69) is 42.5 Å². The van der Waals surface area contributed by atoms with Gasteiger partial charge < -0.3 is 0 Å². The van der Waals surface area contributed by atoms with Crippen LogP contribution >= 0.6 is 0 Å². The molecule has 2 heteroatoms. The van der Waals surface area contributed by atoms with Crippen LogP contribution in [0.15, 0.2) is 97.1 Å². The Kier molecular flexibility index (Phi) is 4.70. The van der Waals surface area contributed by atoms with E-state index in [0.717, 1.165) is 33.4 Å². The van der Waals surface area contributed by atoms with E-state index in [1.807, 2.05) is 66.7 Å². The number of nitriles is 2. The lowest BCUT2D eigenvalue weighted by atomic mass is 9.87. The molecule has 0 radical (unpaired) electrons. The summed E-state index contributed by atoms with van der Waals surface area (Å²) in [5, 5.41) is 18.2. The van der Waals surface area contributed by atoms with Crippen LogP contribution in [0.1, 0.15) is 11.1 Å². The maximum atomic E-state index is 9.14. The van der Waals surface area contributed by atoms with Crippen molar-refractivity contribution in [2.75, 3.05) is 0 Å². The smallest absolute Gasteiger partial charge is 0.0991 e. The van der Waals surface area contributed by atoms with Gasteiger partial charge in [-0.05, 0) is 57.6 Å². The molecular formula is C26H16N2. The molecule has 0 saturated carbocycles. The number of rotatable bonds is 3. The van der Waals surface area contributed by atoms with Crippen LogP contribution in [0.2, 0.25) is 0 Å². The Bertz CT molecular complexity index is 1190. The summed E-state index contributed by atoms with van der Waals surface area (Å²) in [5.41, 5.74) is 7.86. The monoisotopic (exact) mass is 356 g/mol. The summed E-state index contributed by atoms with van der Waals surface area (Å²) >= 11 is 0. The van der Waals surface area contributed by atoms with E-state index in [4.69, 9.17) is 10.5 Å². The van der Waals surface area contributed by atoms with E-state index in [1.54, 1.807) is 0 Å². The summed E-state index contributed by atoms with van der Waals surface area (Å²) in [7, 11) is 0. The Morgan fingerprint density at radius 2 is 0.893 bits per heavy atom. The predicted molar refractivity (Wildman–Crippen MR) is 112 cm³/mol. The molecule has 4 aromatic rings. The van der Waals surface area contributed by atoms with E-state index in [9.17, 15) is 0 Å². The van der Waals surface area contributed by atoms with Crippen molar-refractivity contribution in [3.63, 3.8) is 0 Å². The van der Waals surface area contributed by atoms with Crippen LogP contribution in [0.4, 0.5) is 0 Å². The first-order valence-corrected chi connectivity index (χ1v) is 8.99. The fraction of sp³-hybridized carbons (Fsp3) is 0. The largest absolute Gasteiger partial charge is 0.192 e. The van der Waals surface area contributed by atoms with Crippen molar-refractivity contribution in [3.05, 3.63) is 108 Å². The van der Waals surface area contributed by atoms with Crippen molar-refractivity contribution in [3.8, 4) is 45.5 Å². The van der Waals surface area contributed by atoms with Crippen molar-refractivity contribution < 1.29 is 0 Å². The highest BCUT2D eigenvalue weighted by molar-refractivity contribution is 5.94. The standard InChI is InChI=1S/C26H16N2/c27-17-19-9-13-22(14-10-19)25-8-4-7-24(21-5-2-1-3-6-21)26(25)23-15-11-20(18-28)12-16-23/h1-16H. The lowest BCUT2D eigenvalue weighted by Crippen LogP contribution is -1.91. The second-order valence-electron chi connectivity index (χ2n) is 6.47. The molecule has 0 unspecified atom stereocenters. The topological polar surface area (TPSA) is 47.6 Å². The van der Waals surface area contributed by atoms with Gasteiger partial charge in [0, 0.05) is 0 Å². The van der Waals surface area contributed by atoms with Crippen LogP contribution < -0.4 is 0 Å². The third-order valence-corrected chi connectivity index (χ3v) is 4.78. The molecular weight excluding hydrogens is 340 g/mol. The molecule has 0 amide bonds. The van der Waals surface area contributed by atoms with Gasteiger partial charge in [-0.15, -0.1) is 0 Å². The molecule has 0 aliphatic carbocycles. The molecule has 4 rings (SSSR count). The summed E-state index contributed by atoms with van der Waals surface area (Å²) < 4.78 is 0. The number of hydrogen-bond acceptors (Lipinski definition) is 2. The molecule has 2 nitrogen and oxygen atoms in total. The van der Waals surface area contributed by atoms with Gasteiger partial charge in [0.15, 0.2) is 0 Å². The minimum atomic E-state index is 0.640. The highest BCUT2D eigenvalue weighted by atomic mass is 14.2. The number of benzene rings is 4. The second-order valence-corrected chi connectivity index (χ2v) is 6.47. The van der Waals surface area contributed by atoms with Crippen molar-refractivity contribution in [1.29, 1.82) is 10.5 Å². The quantitative estimate of drug-likeness (QED) is 0.424. The van der Waals surface area contributed by atoms with Crippen molar-refractivity contribution in [2.24, 2.45) is 0 Å². The van der Waals surface area contributed by atoms with Crippen LogP contribution in [0.3, 0.4) is 0 Å². The molecule has 0 aliphatic heterocycles. The zero-order chi connectivity index (χ0) is 19.3. The minimum absolute atomic E-state index is 0.640. The average Bonchev–Trinajstić information content (AvgIpc) is 2.79. The van der Waals surface area contributed by atoms with E-state index in [-0.39, 0.29) is 0 Å². The zero-order valence-corrected chi connectivity index (χ0v) is 15.1. The van der Waals surface area contributed by atoms with Crippen molar-refractivity contribution in [2.45, 2.75) is 0 Å². The Balaban J connectivity index is 1.97. The van der Waals surface area contributed by atoms with Gasteiger partial charge in [-0.2, -0.15) is 10.5 Å². The van der Waals surface area contributed by atoms with Gasteiger partial charge in [0.2, 0.25) is 0 Å². The maximum Gasteiger partial charge on any atom is 0.0991 e. The van der Waals surface area contributed by atoms with E-state index < -0.39 is 0 Å². The first-order valence-electron chi connectivity index (χ1n) is 8.99. The van der Waals surface area contributed by atoms with Crippen LogP contribution in [0, 0.1) is 22.7 Å². The predicted octanol–water partition coefficient (Wildman–Crippen LogP) is 6.43. The first-order chi connectivity index (χ1) is 13.8. The fourth-order valence-corrected chi connectivity index (χ4v) is 3.40. The molecule has 0 atom stereocenters. The summed E-state index contributed by atoms with van der Waals surface area (Å²) in [5.74, 6) is 0. The molecule has 28 heavy (non-hydrogen) atoms. The molecule has 0 saturated heterocycles. The third kappa shape index (κ3) is 3.28. The summed E-state index contributed by atoms with van der Waals surface area (Å²) in [4.78, 5) is 0. The highest BCUT2D eigenvalue weighted by Crippen LogP contribution is 2.40. The number of nitrogens with zero attached hydrogens (tertiary/aromatic N) is 2. The zero-order valence-electron chi connectivity index (χ0n) is 15.1. The van der Waals surface area contributed by atoms with E-state index in [0.29, 0.717) is 11.1 Å². The maximum absolute atomic E-state index is 9.14. The van der Waals surface area contributed by atoms with Crippen molar-refractivity contribution in [1.82, 2.24) is 0 Å². The van der Waals surface area contributed by atoms with Gasteiger partial charge in [-0.3, -0.25) is 0 Å². The van der Waals surface area contributed by atoms with Gasteiger partial charge >= 0.3 is 0 Å². The lowest BCUT2D eigenvalue weighted by Gasteiger charge is -2.16. The van der Waals surface area contributed by atoms with E-state index >= 15 is 0 Å². The van der Waals surface area contributed by atoms with Crippen molar-refractivity contribution >= 4 is 0 Å². The van der Waals surface area contributed by atoms with Crippen LogP contribution in [0.5, 0.6) is 0 Å². The molecule has 0 N–H and O–H groups in total. The Morgan fingerprint density at radius 3 is 1.39 bits per heavy atom. The molecule has 0 aromatic heterocycles. The molecule has 0 fully saturated rings. The van der Waals surface area contributed by atoms with Crippen LogP contribution in [0.25, 0.3) is 33.4 Å². The highest BCUT2D eigenvalue weighted by Gasteiger charge is 2.14. The fourth-order valence-electron chi connectivity index (χ4n) is 3.40. The van der Waals surface area contributed by atoms with Crippen LogP contribution in [-0.2, 0) is 0 Å². The molecule has 0 spiro atoms. The van der Waals surface area contributed by atoms with Gasteiger partial charge in [0.25, 0.3) is 0 Å². The Labute approximate surface area is 164 Å². The summed E-state index contributed by atoms with van der Waals surface area (Å²) in [6.07, 6.45) is 0. The molecule has 0 heterocycles. The molecule has 4 aromatic carbocycles. The van der Waals surface area contributed by atoms with Gasteiger partial charge in [-0.25, -0.2) is 0 Å². The normalized spacial score (nSPS) is 10.1. The summed E-state index contributed by atoms with van der Waals surface area (Å²) in [6, 6.07) is 36.2. The SMILES string of the molecule is N#Cc1ccc(-c2cccc(-c3ccccc3)c2-c2ccc(C#N)cc2)cc1. The second kappa shape index (κ2) is 7.62. The van der Waals surface area contributed by atoms with Gasteiger partial charge in [0.1, 0.15) is 0 Å². The molecule has 0 aliphatic rings. The Morgan fingerprint density at radius 1 is 0.429 bits per heavy atom. The minimum Gasteiger partial charge on any atom is -0.192 e.